The van der Waals surface area contributed by atoms with Crippen LogP contribution in [-0.2, 0) is 5.41 Å². The Morgan fingerprint density at radius 1 is 0.367 bits per heavy atom. The molecule has 0 atom stereocenters. The van der Waals surface area contributed by atoms with E-state index >= 15 is 0 Å². The number of rotatable bonds is 6. The lowest BCUT2D eigenvalue weighted by Gasteiger charge is -2.34. The number of ether oxygens (including phenoxy) is 2. The topological polar surface area (TPSA) is 18.5 Å². The highest BCUT2D eigenvalue weighted by molar-refractivity contribution is 6.00. The van der Waals surface area contributed by atoms with Crippen LogP contribution in [0.4, 0.5) is 0 Å². The van der Waals surface area contributed by atoms with E-state index in [1.54, 1.807) is 14.2 Å². The highest BCUT2D eigenvalue weighted by Crippen LogP contribution is 2.58. The number of hydrogen-bond donors (Lipinski definition) is 0. The molecule has 0 amide bonds. The summed E-state index contributed by atoms with van der Waals surface area (Å²) in [5, 5.41) is 4.97. The molecule has 0 saturated carbocycles. The standard InChI is InChI=1S/C47H34O2/c1-48-37-23-19-35(20-24-37)47(36-21-25-38(49-2)26-22-36)45-29-33(41-15-7-11-31-9-3-5-13-39(31)41)17-27-43(45)44-28-18-34(30-46(44)47)42-16-8-12-32-10-4-6-14-40(32)42/h3-30H,1-2H3. The molecule has 1 aliphatic rings. The molecule has 0 aliphatic heterocycles. The van der Waals surface area contributed by atoms with Crippen LogP contribution in [0.5, 0.6) is 11.5 Å². The van der Waals surface area contributed by atoms with Gasteiger partial charge < -0.3 is 9.47 Å². The van der Waals surface area contributed by atoms with Gasteiger partial charge in [0.1, 0.15) is 11.5 Å². The van der Waals surface area contributed by atoms with E-state index in [0.717, 1.165) is 11.5 Å². The predicted octanol–water partition coefficient (Wildman–Crippen LogP) is 11.7. The second kappa shape index (κ2) is 11.5. The molecule has 0 fully saturated rings. The van der Waals surface area contributed by atoms with Crippen LogP contribution < -0.4 is 9.47 Å². The van der Waals surface area contributed by atoms with E-state index in [2.05, 4.69) is 170 Å². The van der Waals surface area contributed by atoms with Crippen LogP contribution >= 0.6 is 0 Å². The summed E-state index contributed by atoms with van der Waals surface area (Å²) in [7, 11) is 3.45. The zero-order valence-electron chi connectivity index (χ0n) is 27.5. The van der Waals surface area contributed by atoms with Gasteiger partial charge in [-0.1, -0.05) is 133 Å². The maximum absolute atomic E-state index is 5.66. The minimum absolute atomic E-state index is 0.607. The fourth-order valence-corrected chi connectivity index (χ4v) is 8.08. The Morgan fingerprint density at radius 2 is 0.776 bits per heavy atom. The fourth-order valence-electron chi connectivity index (χ4n) is 8.08. The average Bonchev–Trinajstić information content (AvgIpc) is 3.47. The van der Waals surface area contributed by atoms with Crippen molar-refractivity contribution in [2.45, 2.75) is 5.41 Å². The molecule has 0 heterocycles. The van der Waals surface area contributed by atoms with Gasteiger partial charge in [0.15, 0.2) is 0 Å². The minimum Gasteiger partial charge on any atom is -0.497 e. The van der Waals surface area contributed by atoms with Gasteiger partial charge in [-0.3, -0.25) is 0 Å². The van der Waals surface area contributed by atoms with E-state index in [4.69, 9.17) is 9.47 Å². The summed E-state index contributed by atoms with van der Waals surface area (Å²) in [6.07, 6.45) is 0. The van der Waals surface area contributed by atoms with Crippen molar-refractivity contribution >= 4 is 21.5 Å². The lowest BCUT2D eigenvalue weighted by Crippen LogP contribution is -2.28. The molecule has 0 N–H and O–H groups in total. The third-order valence-corrected chi connectivity index (χ3v) is 10.4. The van der Waals surface area contributed by atoms with Crippen molar-refractivity contribution in [2.24, 2.45) is 0 Å². The smallest absolute Gasteiger partial charge is 0.118 e. The molecule has 0 saturated heterocycles. The van der Waals surface area contributed by atoms with Gasteiger partial charge in [0, 0.05) is 0 Å². The molecule has 8 aromatic rings. The van der Waals surface area contributed by atoms with Crippen molar-refractivity contribution in [1.29, 1.82) is 0 Å². The Balaban J connectivity index is 1.38. The average molecular weight is 631 g/mol. The van der Waals surface area contributed by atoms with Crippen molar-refractivity contribution < 1.29 is 9.47 Å². The van der Waals surface area contributed by atoms with Gasteiger partial charge >= 0.3 is 0 Å². The summed E-state index contributed by atoms with van der Waals surface area (Å²) in [6.45, 7) is 0. The predicted molar refractivity (Wildman–Crippen MR) is 203 cm³/mol. The van der Waals surface area contributed by atoms with E-state index < -0.39 is 5.41 Å². The van der Waals surface area contributed by atoms with Gasteiger partial charge in [0.25, 0.3) is 0 Å². The molecule has 0 aromatic heterocycles. The molecule has 234 valence electrons. The normalized spacial score (nSPS) is 12.9. The first-order valence-electron chi connectivity index (χ1n) is 16.7. The molecular formula is C47H34O2. The first kappa shape index (κ1) is 29.1. The quantitative estimate of drug-likeness (QED) is 0.182. The molecule has 0 unspecified atom stereocenters. The van der Waals surface area contributed by atoms with Crippen LogP contribution in [0.1, 0.15) is 22.3 Å². The van der Waals surface area contributed by atoms with Crippen molar-refractivity contribution in [3.05, 3.63) is 192 Å². The molecule has 0 bridgehead atoms. The lowest BCUT2D eigenvalue weighted by atomic mass is 9.67. The Bertz CT molecular complexity index is 2320. The van der Waals surface area contributed by atoms with Gasteiger partial charge in [0.2, 0.25) is 0 Å². The van der Waals surface area contributed by atoms with Gasteiger partial charge in [-0.05, 0) is 114 Å². The molecular weight excluding hydrogens is 597 g/mol. The third kappa shape index (κ3) is 4.48. The Kier molecular flexibility index (Phi) is 6.84. The summed E-state index contributed by atoms with van der Waals surface area (Å²) in [5.41, 5.74) is 11.6. The van der Waals surface area contributed by atoms with E-state index in [-0.39, 0.29) is 0 Å². The summed E-state index contributed by atoms with van der Waals surface area (Å²) in [4.78, 5) is 0. The van der Waals surface area contributed by atoms with Crippen molar-refractivity contribution in [3.8, 4) is 44.9 Å². The number of fused-ring (bicyclic) bond motifs is 5. The van der Waals surface area contributed by atoms with Crippen LogP contribution in [0.15, 0.2) is 170 Å². The van der Waals surface area contributed by atoms with Crippen molar-refractivity contribution in [2.75, 3.05) is 14.2 Å². The van der Waals surface area contributed by atoms with E-state index in [1.807, 2.05) is 0 Å². The SMILES string of the molecule is COc1ccc(C2(c3ccc(OC)cc3)c3cc(-c4cccc5ccccc45)ccc3-c3ccc(-c4cccc5ccccc45)cc32)cc1. The van der Waals surface area contributed by atoms with Crippen LogP contribution in [-0.4, -0.2) is 14.2 Å². The molecule has 0 radical (unpaired) electrons. The van der Waals surface area contributed by atoms with Gasteiger partial charge in [-0.2, -0.15) is 0 Å². The van der Waals surface area contributed by atoms with Crippen molar-refractivity contribution in [1.82, 2.24) is 0 Å². The zero-order chi connectivity index (χ0) is 33.0. The summed E-state index contributed by atoms with van der Waals surface area (Å²) < 4.78 is 11.3. The second-order valence-electron chi connectivity index (χ2n) is 12.8. The van der Waals surface area contributed by atoms with Crippen LogP contribution in [0, 0.1) is 0 Å². The molecule has 2 nitrogen and oxygen atoms in total. The Morgan fingerprint density at radius 3 is 1.20 bits per heavy atom. The summed E-state index contributed by atoms with van der Waals surface area (Å²) in [6, 6.07) is 61.9. The van der Waals surface area contributed by atoms with Crippen LogP contribution in [0.3, 0.4) is 0 Å². The number of benzene rings is 8. The Hall–Kier alpha value is -6.12. The highest BCUT2D eigenvalue weighted by atomic mass is 16.5. The molecule has 8 aromatic carbocycles. The summed E-state index contributed by atoms with van der Waals surface area (Å²) in [5.74, 6) is 1.67. The first-order chi connectivity index (χ1) is 24.2. The first-order valence-corrected chi connectivity index (χ1v) is 16.7. The maximum Gasteiger partial charge on any atom is 0.118 e. The third-order valence-electron chi connectivity index (χ3n) is 10.4. The van der Waals surface area contributed by atoms with Crippen LogP contribution in [0.2, 0.25) is 0 Å². The molecule has 0 spiro atoms. The Labute approximate surface area is 286 Å². The molecule has 1 aliphatic carbocycles. The van der Waals surface area contributed by atoms with E-state index in [1.165, 1.54) is 77.2 Å². The van der Waals surface area contributed by atoms with E-state index in [0.29, 0.717) is 0 Å². The number of methoxy groups -OCH3 is 2. The monoisotopic (exact) mass is 630 g/mol. The van der Waals surface area contributed by atoms with Gasteiger partial charge in [-0.25, -0.2) is 0 Å². The maximum atomic E-state index is 5.66. The minimum atomic E-state index is -0.607. The highest BCUT2D eigenvalue weighted by Gasteiger charge is 2.46. The molecule has 9 rings (SSSR count). The lowest BCUT2D eigenvalue weighted by molar-refractivity contribution is 0.414. The fraction of sp³-hybridized carbons (Fsp3) is 0.0638. The van der Waals surface area contributed by atoms with Gasteiger partial charge in [0.05, 0.1) is 19.6 Å². The van der Waals surface area contributed by atoms with Crippen molar-refractivity contribution in [3.63, 3.8) is 0 Å². The summed E-state index contributed by atoms with van der Waals surface area (Å²) >= 11 is 0. The van der Waals surface area contributed by atoms with Gasteiger partial charge in [-0.15, -0.1) is 0 Å². The zero-order valence-corrected chi connectivity index (χ0v) is 27.5. The van der Waals surface area contributed by atoms with Crippen LogP contribution in [0.25, 0.3) is 54.9 Å². The molecule has 49 heavy (non-hydrogen) atoms. The number of hydrogen-bond acceptors (Lipinski definition) is 2. The van der Waals surface area contributed by atoms with E-state index in [9.17, 15) is 0 Å². The molecule has 2 heteroatoms. The largest absolute Gasteiger partial charge is 0.497 e. The second-order valence-corrected chi connectivity index (χ2v) is 12.8.